The molecule has 0 saturated carbocycles. The molecule has 1 aliphatic heterocycles. The summed E-state index contributed by atoms with van der Waals surface area (Å²) in [5.74, 6) is -0.812. The topological polar surface area (TPSA) is 49.9 Å². The van der Waals surface area contributed by atoms with Crippen molar-refractivity contribution in [1.82, 2.24) is 9.80 Å². The number of carbonyl (C=O) groups is 2. The van der Waals surface area contributed by atoms with Gasteiger partial charge in [0.25, 0.3) is 5.91 Å². The maximum Gasteiger partial charge on any atom is 0.256 e. The van der Waals surface area contributed by atoms with E-state index < -0.39 is 5.82 Å². The number of hydrogen-bond acceptors (Lipinski definition) is 3. The SMILES string of the molecule is COCCC(=O)N1CCN(C(=O)c2ccccc2F)CC1. The van der Waals surface area contributed by atoms with Crippen LogP contribution < -0.4 is 0 Å². The minimum absolute atomic E-state index is 0.0230. The van der Waals surface area contributed by atoms with Crippen LogP contribution in [-0.2, 0) is 9.53 Å². The molecule has 21 heavy (non-hydrogen) atoms. The van der Waals surface area contributed by atoms with E-state index in [9.17, 15) is 14.0 Å². The monoisotopic (exact) mass is 294 g/mol. The van der Waals surface area contributed by atoms with Crippen LogP contribution in [-0.4, -0.2) is 61.5 Å². The first-order valence-electron chi connectivity index (χ1n) is 6.94. The van der Waals surface area contributed by atoms with Gasteiger partial charge in [-0.1, -0.05) is 12.1 Å². The van der Waals surface area contributed by atoms with Crippen LogP contribution in [0.3, 0.4) is 0 Å². The number of hydrogen-bond donors (Lipinski definition) is 0. The number of methoxy groups -OCH3 is 1. The van der Waals surface area contributed by atoms with Gasteiger partial charge in [0.15, 0.2) is 0 Å². The Bertz CT molecular complexity index is 513. The van der Waals surface area contributed by atoms with Crippen molar-refractivity contribution in [3.05, 3.63) is 35.6 Å². The van der Waals surface area contributed by atoms with E-state index in [0.29, 0.717) is 39.2 Å². The molecule has 1 aliphatic rings. The molecule has 0 spiro atoms. The maximum absolute atomic E-state index is 13.6. The fourth-order valence-electron chi connectivity index (χ4n) is 2.31. The van der Waals surface area contributed by atoms with Gasteiger partial charge in [-0.3, -0.25) is 9.59 Å². The number of nitrogens with zero attached hydrogens (tertiary/aromatic N) is 2. The minimum atomic E-state index is -0.513. The first-order valence-corrected chi connectivity index (χ1v) is 6.94. The van der Waals surface area contributed by atoms with Crippen LogP contribution in [0, 0.1) is 5.82 Å². The number of ether oxygens (including phenoxy) is 1. The molecule has 0 radical (unpaired) electrons. The minimum Gasteiger partial charge on any atom is -0.384 e. The number of benzene rings is 1. The van der Waals surface area contributed by atoms with E-state index in [1.54, 1.807) is 29.0 Å². The summed E-state index contributed by atoms with van der Waals surface area (Å²) in [7, 11) is 1.55. The number of halogens is 1. The van der Waals surface area contributed by atoms with Crippen LogP contribution in [0.15, 0.2) is 24.3 Å². The molecule has 0 aliphatic carbocycles. The molecule has 5 nitrogen and oxygen atoms in total. The third-order valence-electron chi connectivity index (χ3n) is 3.54. The van der Waals surface area contributed by atoms with E-state index in [-0.39, 0.29) is 17.4 Å². The van der Waals surface area contributed by atoms with Crippen molar-refractivity contribution < 1.29 is 18.7 Å². The van der Waals surface area contributed by atoms with E-state index in [1.807, 2.05) is 0 Å². The van der Waals surface area contributed by atoms with Crippen molar-refractivity contribution in [3.8, 4) is 0 Å². The van der Waals surface area contributed by atoms with Gasteiger partial charge in [-0.15, -0.1) is 0 Å². The highest BCUT2D eigenvalue weighted by atomic mass is 19.1. The van der Waals surface area contributed by atoms with Crippen molar-refractivity contribution in [2.45, 2.75) is 6.42 Å². The first kappa shape index (κ1) is 15.4. The molecule has 1 saturated heterocycles. The Balaban J connectivity index is 1.91. The predicted octanol–water partition coefficient (Wildman–Crippen LogP) is 1.15. The average Bonchev–Trinajstić information content (AvgIpc) is 2.52. The molecule has 114 valence electrons. The van der Waals surface area contributed by atoms with Crippen molar-refractivity contribution in [2.75, 3.05) is 39.9 Å². The highest BCUT2D eigenvalue weighted by Gasteiger charge is 2.25. The normalized spacial score (nSPS) is 15.1. The van der Waals surface area contributed by atoms with Gasteiger partial charge in [-0.2, -0.15) is 0 Å². The number of rotatable bonds is 4. The van der Waals surface area contributed by atoms with Gasteiger partial charge in [0, 0.05) is 33.3 Å². The Morgan fingerprint density at radius 3 is 2.38 bits per heavy atom. The molecular formula is C15H19FN2O3. The van der Waals surface area contributed by atoms with Crippen molar-refractivity contribution >= 4 is 11.8 Å². The Kier molecular flexibility index (Phi) is 5.27. The van der Waals surface area contributed by atoms with Gasteiger partial charge in [0.2, 0.25) is 5.91 Å². The molecule has 1 heterocycles. The average molecular weight is 294 g/mol. The van der Waals surface area contributed by atoms with Gasteiger partial charge in [-0.05, 0) is 12.1 Å². The van der Waals surface area contributed by atoms with Crippen molar-refractivity contribution in [3.63, 3.8) is 0 Å². The summed E-state index contributed by atoms with van der Waals surface area (Å²) in [6, 6.07) is 5.95. The molecule has 0 bridgehead atoms. The van der Waals surface area contributed by atoms with Crippen molar-refractivity contribution in [1.29, 1.82) is 0 Å². The fourth-order valence-corrected chi connectivity index (χ4v) is 2.31. The smallest absolute Gasteiger partial charge is 0.256 e. The third kappa shape index (κ3) is 3.78. The van der Waals surface area contributed by atoms with E-state index in [2.05, 4.69) is 0 Å². The second kappa shape index (κ2) is 7.17. The van der Waals surface area contributed by atoms with E-state index in [1.165, 1.54) is 12.1 Å². The lowest BCUT2D eigenvalue weighted by atomic mass is 10.1. The Morgan fingerprint density at radius 1 is 1.14 bits per heavy atom. The summed E-state index contributed by atoms with van der Waals surface area (Å²) in [5, 5.41) is 0. The maximum atomic E-state index is 13.6. The van der Waals surface area contributed by atoms with Crippen LogP contribution >= 0.6 is 0 Å². The Morgan fingerprint density at radius 2 is 1.76 bits per heavy atom. The molecule has 2 amide bonds. The summed E-state index contributed by atoms with van der Waals surface area (Å²) in [6.07, 6.45) is 0.345. The van der Waals surface area contributed by atoms with E-state index in [0.717, 1.165) is 0 Å². The highest BCUT2D eigenvalue weighted by Crippen LogP contribution is 2.12. The van der Waals surface area contributed by atoms with Crippen LogP contribution in [0.1, 0.15) is 16.8 Å². The lowest BCUT2D eigenvalue weighted by molar-refractivity contribution is -0.133. The molecule has 0 aromatic heterocycles. The predicted molar refractivity (Wildman–Crippen MR) is 75.4 cm³/mol. The molecule has 6 heteroatoms. The van der Waals surface area contributed by atoms with E-state index >= 15 is 0 Å². The van der Waals surface area contributed by atoms with Crippen LogP contribution in [0.25, 0.3) is 0 Å². The largest absolute Gasteiger partial charge is 0.384 e. The lowest BCUT2D eigenvalue weighted by Gasteiger charge is -2.34. The Labute approximate surface area is 123 Å². The molecular weight excluding hydrogens is 275 g/mol. The van der Waals surface area contributed by atoms with E-state index in [4.69, 9.17) is 4.74 Å². The highest BCUT2D eigenvalue weighted by molar-refractivity contribution is 5.94. The number of carbonyl (C=O) groups excluding carboxylic acids is 2. The zero-order chi connectivity index (χ0) is 15.2. The van der Waals surface area contributed by atoms with Gasteiger partial charge in [-0.25, -0.2) is 4.39 Å². The standard InChI is InChI=1S/C15H19FN2O3/c1-21-11-6-14(19)17-7-9-18(10-8-17)15(20)12-4-2-3-5-13(12)16/h2-5H,6-11H2,1H3. The molecule has 1 aromatic carbocycles. The third-order valence-corrected chi connectivity index (χ3v) is 3.54. The summed E-state index contributed by atoms with van der Waals surface area (Å²) >= 11 is 0. The lowest BCUT2D eigenvalue weighted by Crippen LogP contribution is -2.50. The van der Waals surface area contributed by atoms with Gasteiger partial charge in [0.05, 0.1) is 18.6 Å². The van der Waals surface area contributed by atoms with Crippen LogP contribution in [0.2, 0.25) is 0 Å². The summed E-state index contributed by atoms with van der Waals surface area (Å²) in [4.78, 5) is 27.4. The van der Waals surface area contributed by atoms with Crippen molar-refractivity contribution in [2.24, 2.45) is 0 Å². The molecule has 0 atom stereocenters. The Hall–Kier alpha value is -1.95. The fraction of sp³-hybridized carbons (Fsp3) is 0.467. The zero-order valence-electron chi connectivity index (χ0n) is 12.0. The molecule has 0 N–H and O–H groups in total. The molecule has 0 unspecified atom stereocenters. The summed E-state index contributed by atoms with van der Waals surface area (Å²) in [6.45, 7) is 2.19. The van der Waals surface area contributed by atoms with Gasteiger partial charge in [0.1, 0.15) is 5.82 Å². The number of amides is 2. The summed E-state index contributed by atoms with van der Waals surface area (Å²) in [5.41, 5.74) is 0.0802. The van der Waals surface area contributed by atoms with Crippen LogP contribution in [0.4, 0.5) is 4.39 Å². The van der Waals surface area contributed by atoms with Gasteiger partial charge < -0.3 is 14.5 Å². The molecule has 1 aromatic rings. The second-order valence-corrected chi connectivity index (χ2v) is 4.90. The zero-order valence-corrected chi connectivity index (χ0v) is 12.0. The second-order valence-electron chi connectivity index (χ2n) is 4.90. The van der Waals surface area contributed by atoms with Gasteiger partial charge >= 0.3 is 0 Å². The molecule has 2 rings (SSSR count). The first-order chi connectivity index (χ1) is 10.1. The number of piperazine rings is 1. The quantitative estimate of drug-likeness (QED) is 0.837. The molecule has 1 fully saturated rings. The summed E-state index contributed by atoms with van der Waals surface area (Å²) < 4.78 is 18.5. The van der Waals surface area contributed by atoms with Crippen LogP contribution in [0.5, 0.6) is 0 Å².